The summed E-state index contributed by atoms with van der Waals surface area (Å²) in [5.41, 5.74) is 0. The molecule has 0 aromatic heterocycles. The Labute approximate surface area is 88.4 Å². The quantitative estimate of drug-likeness (QED) is 0.539. The molecule has 1 heterocycles. The van der Waals surface area contributed by atoms with Gasteiger partial charge in [0.05, 0.1) is 0 Å². The molecule has 0 spiro atoms. The molecule has 1 aliphatic heterocycles. The van der Waals surface area contributed by atoms with Crippen LogP contribution in [0.15, 0.2) is 21.9 Å². The number of hydrogen-bond acceptors (Lipinski definition) is 0. The molecule has 0 fully saturated rings. The summed E-state index contributed by atoms with van der Waals surface area (Å²) in [6.45, 7) is 4.46. The first-order valence-corrected chi connectivity index (χ1v) is 10.1. The van der Waals surface area contributed by atoms with E-state index in [9.17, 15) is 0 Å². The van der Waals surface area contributed by atoms with Gasteiger partial charge in [-0.3, -0.25) is 0 Å². The molecule has 66 valence electrons. The maximum absolute atomic E-state index is 2.33. The fourth-order valence-electron chi connectivity index (χ4n) is 0.885. The van der Waals surface area contributed by atoms with Gasteiger partial charge in [-0.05, 0) is 0 Å². The van der Waals surface area contributed by atoms with Crippen molar-refractivity contribution in [3.63, 3.8) is 0 Å². The molecule has 1 rings (SSSR count). The minimum atomic E-state index is -0.380. The topological polar surface area (TPSA) is 0 Å². The fraction of sp³-hybridized carbons (Fsp3) is 0.545. The number of hydrogen-bond donors (Lipinski definition) is 0. The summed E-state index contributed by atoms with van der Waals surface area (Å²) in [5, 5.41) is 0. The van der Waals surface area contributed by atoms with Crippen molar-refractivity contribution in [1.82, 2.24) is 0 Å². The first-order chi connectivity index (χ1) is 5.91. The van der Waals surface area contributed by atoms with E-state index in [-0.39, 0.29) is 23.7 Å². The molecule has 0 bridgehead atoms. The van der Waals surface area contributed by atoms with Crippen molar-refractivity contribution in [1.29, 1.82) is 0 Å². The van der Waals surface area contributed by atoms with E-state index in [0.717, 1.165) is 0 Å². The second-order valence-electron chi connectivity index (χ2n) is 2.86. The fourth-order valence-corrected chi connectivity index (χ4v) is 3.38. The van der Waals surface area contributed by atoms with Crippen molar-refractivity contribution in [3.05, 3.63) is 21.9 Å². The molecule has 0 radical (unpaired) electrons. The summed E-state index contributed by atoms with van der Waals surface area (Å²) in [6.07, 6.45) is 11.9. The zero-order valence-corrected chi connectivity index (χ0v) is 12.8. The Morgan fingerprint density at radius 3 is 1.75 bits per heavy atom. The third kappa shape index (κ3) is 10.3. The SMILES string of the molecule is C1=C[CH]=[Tl][CH]=C1.CCCCCC. The monoisotopic (exact) mass is 356 g/mol. The van der Waals surface area contributed by atoms with Crippen LogP contribution in [0.2, 0.25) is 0 Å². The first kappa shape index (κ1) is 12.3. The van der Waals surface area contributed by atoms with E-state index in [1.807, 2.05) is 0 Å². The first-order valence-electron chi connectivity index (χ1n) is 4.91. The smallest absolute Gasteiger partial charge is 0.0536 e. The molecule has 0 nitrogen and oxygen atoms in total. The van der Waals surface area contributed by atoms with Gasteiger partial charge in [-0.1, -0.05) is 39.5 Å². The van der Waals surface area contributed by atoms with Gasteiger partial charge < -0.3 is 0 Å². The molecule has 0 aromatic carbocycles. The third-order valence-electron chi connectivity index (χ3n) is 1.62. The molecular formula is C11H19Tl. The van der Waals surface area contributed by atoms with Crippen LogP contribution < -0.4 is 0 Å². The van der Waals surface area contributed by atoms with Crippen LogP contribution in [0.1, 0.15) is 39.5 Å². The molecule has 0 saturated carbocycles. The van der Waals surface area contributed by atoms with Gasteiger partial charge in [0.1, 0.15) is 0 Å². The van der Waals surface area contributed by atoms with E-state index in [0.29, 0.717) is 0 Å². The zero-order chi connectivity index (χ0) is 9.07. The average Bonchev–Trinajstić information content (AvgIpc) is 2.18. The van der Waals surface area contributed by atoms with Crippen LogP contribution in [0.25, 0.3) is 0 Å². The molecule has 0 aromatic rings. The Kier molecular flexibility index (Phi) is 11.5. The Balaban J connectivity index is 0.000000202. The van der Waals surface area contributed by atoms with E-state index in [2.05, 4.69) is 39.3 Å². The van der Waals surface area contributed by atoms with E-state index >= 15 is 0 Å². The zero-order valence-electron chi connectivity index (χ0n) is 8.29. The van der Waals surface area contributed by atoms with Gasteiger partial charge in [-0.2, -0.15) is 0 Å². The van der Waals surface area contributed by atoms with Crippen molar-refractivity contribution in [2.24, 2.45) is 0 Å². The van der Waals surface area contributed by atoms with Gasteiger partial charge in [0, 0.05) is 0 Å². The molecule has 0 N–H and O–H groups in total. The molecule has 0 amide bonds. The van der Waals surface area contributed by atoms with Crippen molar-refractivity contribution < 1.29 is 0 Å². The molecule has 1 aliphatic rings. The minimum Gasteiger partial charge on any atom is -0.0654 e. The molecule has 0 aliphatic carbocycles. The van der Waals surface area contributed by atoms with Gasteiger partial charge in [-0.25, -0.2) is 0 Å². The second-order valence-corrected chi connectivity index (χ2v) is 7.35. The maximum atomic E-state index is 2.33. The van der Waals surface area contributed by atoms with Crippen LogP contribution in [0.4, 0.5) is 0 Å². The Hall–Kier alpha value is 0.272. The summed E-state index contributed by atoms with van der Waals surface area (Å²) in [4.78, 5) is 0. The predicted molar refractivity (Wildman–Crippen MR) is 59.9 cm³/mol. The largest absolute Gasteiger partial charge is 0.0654 e. The van der Waals surface area contributed by atoms with Crippen LogP contribution in [0.5, 0.6) is 0 Å². The van der Waals surface area contributed by atoms with Gasteiger partial charge in [0.2, 0.25) is 0 Å². The van der Waals surface area contributed by atoms with Gasteiger partial charge >= 0.3 is 49.2 Å². The van der Waals surface area contributed by atoms with Gasteiger partial charge in [0.15, 0.2) is 0 Å². The number of allylic oxidation sites excluding steroid dienone is 3. The minimum absolute atomic E-state index is 0.380. The molecule has 0 unspecified atom stereocenters. The maximum Gasteiger partial charge on any atom is -0.0536 e. The van der Waals surface area contributed by atoms with Crippen LogP contribution in [-0.2, 0) is 0 Å². The summed E-state index contributed by atoms with van der Waals surface area (Å²) in [6, 6.07) is 0. The standard InChI is InChI=1S/C6H14.C5H5.Tl/c1-3-5-6-4-2;1-3-5-4-2;/h3-6H2,1-2H3;1-5H;. The summed E-state index contributed by atoms with van der Waals surface area (Å²) in [5.74, 6) is 0. The Morgan fingerprint density at radius 1 is 0.917 bits per heavy atom. The van der Waals surface area contributed by atoms with E-state index in [4.69, 9.17) is 0 Å². The number of unbranched alkanes of at least 4 members (excludes halogenated alkanes) is 3. The van der Waals surface area contributed by atoms with Gasteiger partial charge in [0.25, 0.3) is 0 Å². The van der Waals surface area contributed by atoms with Gasteiger partial charge in [-0.15, -0.1) is 0 Å². The summed E-state index contributed by atoms with van der Waals surface area (Å²) >= 11 is -0.380. The van der Waals surface area contributed by atoms with Crippen molar-refractivity contribution in [2.45, 2.75) is 39.5 Å². The van der Waals surface area contributed by atoms with Crippen LogP contribution in [-0.4, -0.2) is 27.3 Å². The Morgan fingerprint density at radius 2 is 1.58 bits per heavy atom. The summed E-state index contributed by atoms with van der Waals surface area (Å²) < 4.78 is 4.67. The van der Waals surface area contributed by atoms with Crippen molar-refractivity contribution in [2.75, 3.05) is 0 Å². The molecule has 12 heavy (non-hydrogen) atoms. The van der Waals surface area contributed by atoms with Crippen LogP contribution in [0.3, 0.4) is 0 Å². The van der Waals surface area contributed by atoms with E-state index < -0.39 is 0 Å². The molecular weight excluding hydrogens is 337 g/mol. The second kappa shape index (κ2) is 11.3. The van der Waals surface area contributed by atoms with Crippen LogP contribution >= 0.6 is 0 Å². The van der Waals surface area contributed by atoms with Crippen molar-refractivity contribution in [3.8, 4) is 0 Å². The predicted octanol–water partition coefficient (Wildman–Crippen LogP) is 3.16. The normalized spacial score (nSPS) is 11.8. The third-order valence-corrected chi connectivity index (χ3v) is 5.08. The Bertz CT molecular complexity index is 115. The van der Waals surface area contributed by atoms with E-state index in [1.54, 1.807) is 0 Å². The summed E-state index contributed by atoms with van der Waals surface area (Å²) in [7, 11) is 0. The average molecular weight is 356 g/mol. The molecule has 0 atom stereocenters. The van der Waals surface area contributed by atoms with Crippen LogP contribution in [0, 0.1) is 0 Å². The molecule has 1 heteroatoms. The van der Waals surface area contributed by atoms with E-state index in [1.165, 1.54) is 25.7 Å². The number of rotatable bonds is 3. The molecule has 0 saturated heterocycles. The van der Waals surface area contributed by atoms with Crippen molar-refractivity contribution >= 4 is 27.3 Å².